The van der Waals surface area contributed by atoms with Gasteiger partial charge in [-0.15, -0.1) is 0 Å². The summed E-state index contributed by atoms with van der Waals surface area (Å²) in [7, 11) is -4.10. The first-order valence-corrected chi connectivity index (χ1v) is 10.9. The lowest BCUT2D eigenvalue weighted by molar-refractivity contribution is 0.481. The van der Waals surface area contributed by atoms with Crippen LogP contribution < -0.4 is 0 Å². The van der Waals surface area contributed by atoms with Crippen molar-refractivity contribution in [1.29, 1.82) is 0 Å². The van der Waals surface area contributed by atoms with Gasteiger partial charge in [0.2, 0.25) is 0 Å². The van der Waals surface area contributed by atoms with Crippen molar-refractivity contribution in [2.24, 2.45) is 5.92 Å². The van der Waals surface area contributed by atoms with Gasteiger partial charge in [0, 0.05) is 0 Å². The first kappa shape index (κ1) is 21.2. The Labute approximate surface area is 148 Å². The Morgan fingerprint density at radius 1 is 0.833 bits per heavy atom. The monoisotopic (exact) mass is 354 g/mol. The molecule has 1 aromatic carbocycles. The van der Waals surface area contributed by atoms with Crippen molar-refractivity contribution in [2.75, 3.05) is 0 Å². The Morgan fingerprint density at radius 2 is 1.33 bits per heavy atom. The second-order valence-corrected chi connectivity index (χ2v) is 8.59. The number of rotatable bonds is 13. The van der Waals surface area contributed by atoms with Crippen molar-refractivity contribution >= 4 is 10.1 Å². The summed E-state index contributed by atoms with van der Waals surface area (Å²) in [5.74, 6) is 0.830. The molecule has 24 heavy (non-hydrogen) atoms. The third kappa shape index (κ3) is 9.43. The third-order valence-electron chi connectivity index (χ3n) is 4.48. The molecule has 1 N–H and O–H groups in total. The van der Waals surface area contributed by atoms with E-state index in [1.165, 1.54) is 57.4 Å². The Balaban J connectivity index is 2.07. The molecule has 0 bridgehead atoms. The second-order valence-electron chi connectivity index (χ2n) is 7.20. The Hall–Kier alpha value is -0.870. The van der Waals surface area contributed by atoms with Crippen LogP contribution in [0.2, 0.25) is 0 Å². The molecule has 3 nitrogen and oxygen atoms in total. The minimum absolute atomic E-state index is 0.0615. The van der Waals surface area contributed by atoms with Gasteiger partial charge in [0.05, 0.1) is 4.90 Å². The van der Waals surface area contributed by atoms with Gasteiger partial charge in [-0.05, 0) is 30.4 Å². The van der Waals surface area contributed by atoms with E-state index < -0.39 is 10.1 Å². The minimum atomic E-state index is -4.10. The zero-order valence-corrected chi connectivity index (χ0v) is 16.2. The summed E-state index contributed by atoms with van der Waals surface area (Å²) in [5.41, 5.74) is 0.727. The molecule has 0 saturated heterocycles. The lowest BCUT2D eigenvalue weighted by atomic mass is 10.0. The van der Waals surface area contributed by atoms with E-state index in [9.17, 15) is 13.0 Å². The number of benzene rings is 1. The van der Waals surface area contributed by atoms with Gasteiger partial charge in [-0.2, -0.15) is 8.42 Å². The van der Waals surface area contributed by atoms with E-state index in [2.05, 4.69) is 13.8 Å². The van der Waals surface area contributed by atoms with Crippen LogP contribution in [0.5, 0.6) is 0 Å². The molecular weight excluding hydrogens is 320 g/mol. The number of unbranched alkanes of at least 4 members (excludes halogenated alkanes) is 8. The van der Waals surface area contributed by atoms with Gasteiger partial charge in [-0.3, -0.25) is 4.55 Å². The number of hydrogen-bond donors (Lipinski definition) is 1. The molecule has 0 aromatic heterocycles. The summed E-state index contributed by atoms with van der Waals surface area (Å²) in [6.07, 6.45) is 13.4. The molecule has 0 fully saturated rings. The molecule has 0 aliphatic rings. The molecule has 0 heterocycles. The number of hydrogen-bond acceptors (Lipinski definition) is 2. The Morgan fingerprint density at radius 3 is 1.88 bits per heavy atom. The normalized spacial score (nSPS) is 12.0. The molecule has 0 radical (unpaired) electrons. The van der Waals surface area contributed by atoms with Gasteiger partial charge in [0.15, 0.2) is 0 Å². The highest BCUT2D eigenvalue weighted by Gasteiger charge is 2.13. The van der Waals surface area contributed by atoms with Gasteiger partial charge in [-0.25, -0.2) is 0 Å². The standard InChI is InChI=1S/C20H34O3S/c1-18(2)14-10-8-6-4-3-5-7-9-11-15-19-16-12-13-17-20(19)24(21,22)23/h12-13,16-18H,3-11,14-15H2,1-2H3,(H,21,22,23). The molecule has 0 atom stereocenters. The lowest BCUT2D eigenvalue weighted by Gasteiger charge is -2.07. The van der Waals surface area contributed by atoms with Crippen LogP contribution in [0.3, 0.4) is 0 Å². The van der Waals surface area contributed by atoms with E-state index in [4.69, 9.17) is 0 Å². The number of aryl methyl sites for hydroxylation is 1. The van der Waals surface area contributed by atoms with Gasteiger partial charge >= 0.3 is 0 Å². The highest BCUT2D eigenvalue weighted by atomic mass is 32.2. The van der Waals surface area contributed by atoms with E-state index in [0.717, 1.165) is 24.3 Å². The first-order chi connectivity index (χ1) is 11.4. The lowest BCUT2D eigenvalue weighted by Crippen LogP contribution is -2.03. The fourth-order valence-electron chi connectivity index (χ4n) is 3.07. The summed E-state index contributed by atoms with van der Waals surface area (Å²) in [6, 6.07) is 6.74. The van der Waals surface area contributed by atoms with Crippen LogP contribution >= 0.6 is 0 Å². The van der Waals surface area contributed by atoms with Crippen LogP contribution in [0, 0.1) is 5.92 Å². The predicted octanol–water partition coefficient (Wildman–Crippen LogP) is 6.03. The van der Waals surface area contributed by atoms with Crippen molar-refractivity contribution in [3.63, 3.8) is 0 Å². The van der Waals surface area contributed by atoms with Crippen molar-refractivity contribution in [1.82, 2.24) is 0 Å². The van der Waals surface area contributed by atoms with E-state index >= 15 is 0 Å². The van der Waals surface area contributed by atoms with Crippen molar-refractivity contribution in [3.8, 4) is 0 Å². The van der Waals surface area contributed by atoms with Gasteiger partial charge < -0.3 is 0 Å². The van der Waals surface area contributed by atoms with Crippen LogP contribution in [0.1, 0.15) is 83.6 Å². The largest absolute Gasteiger partial charge is 0.294 e. The van der Waals surface area contributed by atoms with E-state index in [1.807, 2.05) is 6.07 Å². The molecule has 0 aliphatic carbocycles. The molecule has 1 aromatic rings. The molecule has 0 aliphatic heterocycles. The molecule has 0 saturated carbocycles. The maximum absolute atomic E-state index is 11.3. The molecule has 4 heteroatoms. The van der Waals surface area contributed by atoms with E-state index in [1.54, 1.807) is 12.1 Å². The van der Waals surface area contributed by atoms with E-state index in [-0.39, 0.29) is 4.90 Å². The summed E-state index contributed by atoms with van der Waals surface area (Å²) in [4.78, 5) is 0.0615. The van der Waals surface area contributed by atoms with E-state index in [0.29, 0.717) is 6.42 Å². The molecule has 0 amide bonds. The zero-order valence-electron chi connectivity index (χ0n) is 15.3. The van der Waals surface area contributed by atoms with Crippen LogP contribution in [0.4, 0.5) is 0 Å². The maximum atomic E-state index is 11.3. The summed E-state index contributed by atoms with van der Waals surface area (Å²) in [5, 5.41) is 0. The van der Waals surface area contributed by atoms with Crippen molar-refractivity contribution in [2.45, 2.75) is 89.4 Å². The van der Waals surface area contributed by atoms with Crippen LogP contribution in [-0.4, -0.2) is 13.0 Å². The van der Waals surface area contributed by atoms with Gasteiger partial charge in [-0.1, -0.05) is 89.8 Å². The topological polar surface area (TPSA) is 54.4 Å². The zero-order chi connectivity index (χ0) is 17.8. The second kappa shape index (κ2) is 11.6. The third-order valence-corrected chi connectivity index (χ3v) is 5.43. The molecule has 0 unspecified atom stereocenters. The smallest absolute Gasteiger partial charge is 0.282 e. The van der Waals surface area contributed by atoms with Gasteiger partial charge in [0.25, 0.3) is 10.1 Å². The Kier molecular flexibility index (Phi) is 10.3. The fourth-order valence-corrected chi connectivity index (χ4v) is 3.82. The molecule has 0 spiro atoms. The summed E-state index contributed by atoms with van der Waals surface area (Å²) in [6.45, 7) is 4.57. The average Bonchev–Trinajstić information content (AvgIpc) is 2.51. The maximum Gasteiger partial charge on any atom is 0.294 e. The molecular formula is C20H34O3S. The fraction of sp³-hybridized carbons (Fsp3) is 0.700. The van der Waals surface area contributed by atoms with Crippen molar-refractivity contribution < 1.29 is 13.0 Å². The highest BCUT2D eigenvalue weighted by molar-refractivity contribution is 7.85. The molecule has 138 valence electrons. The van der Waals surface area contributed by atoms with Crippen LogP contribution in [0.25, 0.3) is 0 Å². The highest BCUT2D eigenvalue weighted by Crippen LogP contribution is 2.18. The predicted molar refractivity (Wildman–Crippen MR) is 101 cm³/mol. The Bertz CT molecular complexity index is 550. The first-order valence-electron chi connectivity index (χ1n) is 9.46. The van der Waals surface area contributed by atoms with Crippen molar-refractivity contribution in [3.05, 3.63) is 29.8 Å². The van der Waals surface area contributed by atoms with Crippen LogP contribution in [-0.2, 0) is 16.5 Å². The van der Waals surface area contributed by atoms with Crippen LogP contribution in [0.15, 0.2) is 29.2 Å². The van der Waals surface area contributed by atoms with Gasteiger partial charge in [0.1, 0.15) is 0 Å². The molecule has 1 rings (SSSR count). The summed E-state index contributed by atoms with van der Waals surface area (Å²) < 4.78 is 31.9. The summed E-state index contributed by atoms with van der Waals surface area (Å²) >= 11 is 0. The minimum Gasteiger partial charge on any atom is -0.282 e. The quantitative estimate of drug-likeness (QED) is 0.347. The SMILES string of the molecule is CC(C)CCCCCCCCCCCc1ccccc1S(=O)(=O)O. The average molecular weight is 355 g/mol.